The van der Waals surface area contributed by atoms with Crippen LogP contribution in [0.4, 0.5) is 4.79 Å². The van der Waals surface area contributed by atoms with Gasteiger partial charge in [0.05, 0.1) is 0 Å². The Morgan fingerprint density at radius 2 is 2.21 bits per heavy atom. The molecule has 0 aromatic carbocycles. The van der Waals surface area contributed by atoms with Gasteiger partial charge in [-0.25, -0.2) is 9.59 Å². The predicted octanol–water partition coefficient (Wildman–Crippen LogP) is 0.473. The lowest BCUT2D eigenvalue weighted by Gasteiger charge is -2.13. The van der Waals surface area contributed by atoms with Crippen molar-refractivity contribution in [3.05, 3.63) is 11.7 Å². The van der Waals surface area contributed by atoms with Crippen LogP contribution in [0.25, 0.3) is 0 Å². The minimum absolute atomic E-state index is 0.298. The highest BCUT2D eigenvalue weighted by atomic mass is 16.5. The number of carbonyl (C=O) groups is 2. The van der Waals surface area contributed by atoms with Gasteiger partial charge in [-0.3, -0.25) is 0 Å². The summed E-state index contributed by atoms with van der Waals surface area (Å²) in [4.78, 5) is 26.3. The number of hydrogen-bond acceptors (Lipinski definition) is 5. The second-order valence-corrected chi connectivity index (χ2v) is 4.07. The van der Waals surface area contributed by atoms with Crippen molar-refractivity contribution < 1.29 is 19.2 Å². The highest BCUT2D eigenvalue weighted by molar-refractivity contribution is 5.82. The summed E-state index contributed by atoms with van der Waals surface area (Å²) in [6, 6.07) is -1.38. The average Bonchev–Trinajstić information content (AvgIpc) is 2.74. The van der Waals surface area contributed by atoms with E-state index in [0.29, 0.717) is 37.5 Å². The van der Waals surface area contributed by atoms with Crippen LogP contribution in [0.15, 0.2) is 4.52 Å². The molecule has 0 aliphatic carbocycles. The number of carboxylic acids is 1. The van der Waals surface area contributed by atoms with Gasteiger partial charge >= 0.3 is 12.0 Å². The monoisotopic (exact) mass is 270 g/mol. The molecule has 0 saturated heterocycles. The maximum Gasteiger partial charge on any atom is 0.326 e. The molecule has 1 atom stereocenters. The molecular weight excluding hydrogens is 252 g/mol. The Kier molecular flexibility index (Phi) is 5.77. The van der Waals surface area contributed by atoms with E-state index in [1.165, 1.54) is 0 Å². The quantitative estimate of drug-likeness (QED) is 0.663. The summed E-state index contributed by atoms with van der Waals surface area (Å²) in [5.41, 5.74) is 0. The standard InChI is InChI=1S/C11H18N4O4/c1-3-4-8(10(16)17)14-11(18)12-6-5-9-13-7(2)15-19-9/h8H,3-6H2,1-2H3,(H,16,17)(H2,12,14,18)/t8-/m1/s1. The first-order valence-electron chi connectivity index (χ1n) is 6.09. The van der Waals surface area contributed by atoms with E-state index in [1.54, 1.807) is 6.92 Å². The molecule has 106 valence electrons. The number of nitrogens with zero attached hydrogens (tertiary/aromatic N) is 2. The Morgan fingerprint density at radius 1 is 1.47 bits per heavy atom. The van der Waals surface area contributed by atoms with Crippen LogP contribution in [-0.4, -0.2) is 39.8 Å². The topological polar surface area (TPSA) is 117 Å². The third kappa shape index (κ3) is 5.36. The zero-order valence-corrected chi connectivity index (χ0v) is 11.0. The van der Waals surface area contributed by atoms with Crippen molar-refractivity contribution >= 4 is 12.0 Å². The Balaban J connectivity index is 2.28. The number of rotatable bonds is 7. The van der Waals surface area contributed by atoms with Gasteiger partial charge in [0.15, 0.2) is 5.82 Å². The van der Waals surface area contributed by atoms with Gasteiger partial charge in [0, 0.05) is 13.0 Å². The summed E-state index contributed by atoms with van der Waals surface area (Å²) in [6.45, 7) is 3.86. The Labute approximate surface area is 110 Å². The molecular formula is C11H18N4O4. The molecule has 2 amide bonds. The maximum atomic E-state index is 11.5. The van der Waals surface area contributed by atoms with E-state index in [-0.39, 0.29) is 0 Å². The number of hydrogen-bond donors (Lipinski definition) is 3. The molecule has 8 heteroatoms. The molecule has 0 radical (unpaired) electrons. The molecule has 0 aliphatic heterocycles. The third-order valence-electron chi connectivity index (χ3n) is 2.37. The van der Waals surface area contributed by atoms with Gasteiger partial charge < -0.3 is 20.3 Å². The van der Waals surface area contributed by atoms with E-state index in [1.807, 2.05) is 6.92 Å². The lowest BCUT2D eigenvalue weighted by molar-refractivity contribution is -0.139. The van der Waals surface area contributed by atoms with Crippen LogP contribution in [0, 0.1) is 6.92 Å². The number of carbonyl (C=O) groups excluding carboxylic acids is 1. The van der Waals surface area contributed by atoms with E-state index in [9.17, 15) is 9.59 Å². The molecule has 0 saturated carbocycles. The Hall–Kier alpha value is -2.12. The van der Waals surface area contributed by atoms with Crippen LogP contribution >= 0.6 is 0 Å². The van der Waals surface area contributed by atoms with Gasteiger partial charge in [-0.05, 0) is 13.3 Å². The van der Waals surface area contributed by atoms with E-state index < -0.39 is 18.0 Å². The number of aryl methyl sites for hydroxylation is 1. The highest BCUT2D eigenvalue weighted by Gasteiger charge is 2.18. The molecule has 1 aromatic heterocycles. The minimum Gasteiger partial charge on any atom is -0.480 e. The summed E-state index contributed by atoms with van der Waals surface area (Å²) in [5, 5.41) is 17.4. The number of carboxylic acid groups (broad SMARTS) is 1. The Morgan fingerprint density at radius 3 is 2.74 bits per heavy atom. The van der Waals surface area contributed by atoms with Crippen molar-refractivity contribution in [2.24, 2.45) is 0 Å². The van der Waals surface area contributed by atoms with E-state index in [2.05, 4.69) is 20.8 Å². The first kappa shape index (κ1) is 14.9. The smallest absolute Gasteiger partial charge is 0.326 e. The van der Waals surface area contributed by atoms with Crippen LogP contribution in [0.1, 0.15) is 31.5 Å². The van der Waals surface area contributed by atoms with Crippen LogP contribution in [0.2, 0.25) is 0 Å². The van der Waals surface area contributed by atoms with Crippen molar-refractivity contribution in [1.82, 2.24) is 20.8 Å². The summed E-state index contributed by atoms with van der Waals surface area (Å²) in [7, 11) is 0. The van der Waals surface area contributed by atoms with Crippen molar-refractivity contribution in [2.75, 3.05) is 6.54 Å². The largest absolute Gasteiger partial charge is 0.480 e. The van der Waals surface area contributed by atoms with Crippen LogP contribution in [0.5, 0.6) is 0 Å². The normalized spacial score (nSPS) is 11.9. The SMILES string of the molecule is CCC[C@@H](NC(=O)NCCc1nc(C)no1)C(=O)O. The lowest BCUT2D eigenvalue weighted by atomic mass is 10.2. The fourth-order valence-electron chi connectivity index (χ4n) is 1.48. The van der Waals surface area contributed by atoms with Crippen LogP contribution in [0.3, 0.4) is 0 Å². The van der Waals surface area contributed by atoms with Gasteiger partial charge in [0.2, 0.25) is 5.89 Å². The number of amides is 2. The average molecular weight is 270 g/mol. The first-order valence-corrected chi connectivity index (χ1v) is 6.09. The van der Waals surface area contributed by atoms with Crippen molar-refractivity contribution in [3.8, 4) is 0 Å². The lowest BCUT2D eigenvalue weighted by Crippen LogP contribution is -2.46. The van der Waals surface area contributed by atoms with Gasteiger partial charge in [0.25, 0.3) is 0 Å². The van der Waals surface area contributed by atoms with Gasteiger partial charge in [-0.2, -0.15) is 4.98 Å². The zero-order chi connectivity index (χ0) is 14.3. The molecule has 0 fully saturated rings. The fourth-order valence-corrected chi connectivity index (χ4v) is 1.48. The van der Waals surface area contributed by atoms with Crippen molar-refractivity contribution in [2.45, 2.75) is 39.2 Å². The van der Waals surface area contributed by atoms with Crippen molar-refractivity contribution in [3.63, 3.8) is 0 Å². The summed E-state index contributed by atoms with van der Waals surface area (Å²) in [6.07, 6.45) is 1.48. The predicted molar refractivity (Wildman–Crippen MR) is 65.6 cm³/mol. The van der Waals surface area contributed by atoms with E-state index in [4.69, 9.17) is 9.63 Å². The second-order valence-electron chi connectivity index (χ2n) is 4.07. The highest BCUT2D eigenvalue weighted by Crippen LogP contribution is 1.97. The van der Waals surface area contributed by atoms with Gasteiger partial charge in [-0.1, -0.05) is 18.5 Å². The van der Waals surface area contributed by atoms with Crippen molar-refractivity contribution in [1.29, 1.82) is 0 Å². The molecule has 1 heterocycles. The molecule has 3 N–H and O–H groups in total. The van der Waals surface area contributed by atoms with Gasteiger partial charge in [0.1, 0.15) is 6.04 Å². The number of urea groups is 1. The number of aromatic nitrogens is 2. The van der Waals surface area contributed by atoms with E-state index in [0.717, 1.165) is 0 Å². The summed E-state index contributed by atoms with van der Waals surface area (Å²) >= 11 is 0. The second kappa shape index (κ2) is 7.34. The zero-order valence-electron chi connectivity index (χ0n) is 11.0. The fraction of sp³-hybridized carbons (Fsp3) is 0.636. The van der Waals surface area contributed by atoms with E-state index >= 15 is 0 Å². The first-order chi connectivity index (χ1) is 9.02. The molecule has 0 spiro atoms. The molecule has 0 bridgehead atoms. The molecule has 1 aromatic rings. The number of nitrogens with one attached hydrogen (secondary N) is 2. The van der Waals surface area contributed by atoms with Crippen LogP contribution < -0.4 is 10.6 Å². The molecule has 19 heavy (non-hydrogen) atoms. The molecule has 0 unspecified atom stereocenters. The van der Waals surface area contributed by atoms with Gasteiger partial charge in [-0.15, -0.1) is 0 Å². The molecule has 0 aliphatic rings. The molecule has 8 nitrogen and oxygen atoms in total. The van der Waals surface area contributed by atoms with Crippen LogP contribution in [-0.2, 0) is 11.2 Å². The Bertz CT molecular complexity index is 432. The summed E-state index contributed by atoms with van der Waals surface area (Å²) < 4.78 is 4.88. The minimum atomic E-state index is -1.04. The maximum absolute atomic E-state index is 11.5. The third-order valence-corrected chi connectivity index (χ3v) is 2.37. The molecule has 1 rings (SSSR count). The number of aliphatic carboxylic acids is 1. The summed E-state index contributed by atoms with van der Waals surface area (Å²) in [5.74, 6) is -0.0704.